The Morgan fingerprint density at radius 2 is 1.74 bits per heavy atom. The third-order valence-corrected chi connectivity index (χ3v) is 16.8. The number of nitrogens with zero attached hydrogens (tertiary/aromatic N) is 1. The topological polar surface area (TPSA) is 92.7 Å². The van der Waals surface area contributed by atoms with Crippen molar-refractivity contribution in [2.24, 2.45) is 50.7 Å². The normalized spacial score (nSPS) is 53.1. The largest absolute Gasteiger partial charge is 0.390 e. The highest BCUT2D eigenvalue weighted by molar-refractivity contribution is 5.33. The molecule has 0 amide bonds. The minimum atomic E-state index is -1.01. The van der Waals surface area contributed by atoms with E-state index in [1.165, 1.54) is 38.5 Å². The van der Waals surface area contributed by atoms with Gasteiger partial charge >= 0.3 is 0 Å². The molecule has 5 saturated carbocycles. The van der Waals surface area contributed by atoms with Gasteiger partial charge in [-0.25, -0.2) is 0 Å². The molecule has 3 N–H and O–H groups in total. The number of aliphatic hydroxyl groups excluding tert-OH is 1. The highest BCUT2D eigenvalue weighted by Gasteiger charge is 2.84. The van der Waals surface area contributed by atoms with Crippen LogP contribution in [0.2, 0.25) is 0 Å². The highest BCUT2D eigenvalue weighted by atomic mass is 16.7. The number of hydrogen-bond acceptors (Lipinski definition) is 8. The summed E-state index contributed by atoms with van der Waals surface area (Å²) in [6.45, 7) is 23.4. The summed E-state index contributed by atoms with van der Waals surface area (Å²) in [5.41, 5.74) is -0.395. The van der Waals surface area contributed by atoms with Gasteiger partial charge in [0.1, 0.15) is 6.10 Å². The number of ether oxygens (including phenoxy) is 4. The van der Waals surface area contributed by atoms with Crippen molar-refractivity contribution in [3.8, 4) is 0 Å². The first-order valence-electron chi connectivity index (χ1n) is 19.5. The van der Waals surface area contributed by atoms with Crippen LogP contribution < -0.4 is 5.32 Å². The zero-order valence-electron chi connectivity index (χ0n) is 30.7. The third-order valence-electron chi connectivity index (χ3n) is 16.8. The predicted molar refractivity (Wildman–Crippen MR) is 181 cm³/mol. The molecule has 8 aliphatic rings. The first kappa shape index (κ1) is 33.8. The first-order valence-corrected chi connectivity index (χ1v) is 19.5. The van der Waals surface area contributed by atoms with E-state index in [2.05, 4.69) is 44.8 Å². The van der Waals surface area contributed by atoms with Crippen LogP contribution in [0.3, 0.4) is 0 Å². The standard InChI is InChI=1S/C39H66N2O6/c1-9-44-33(35(5,6)43)25-18-23(2)30-31(46-25)32(42)37(8)27-11-10-26-34(3,4)28(47-29-21-41(16-17-45-29)24-19-40-20-24)12-13-38(26)22-39(27,38)15-14-36(30,37)7/h23-33,40,42-43H,9-22H2,1-8H3/t23-,25?,26+,27?,28+,29?,30+,31?,32+,33+,36-,37?,38-,39?/m1/s1. The van der Waals surface area contributed by atoms with Crippen molar-refractivity contribution in [2.75, 3.05) is 39.4 Å². The fourth-order valence-corrected chi connectivity index (χ4v) is 14.5. The molecule has 14 atom stereocenters. The molecule has 8 nitrogen and oxygen atoms in total. The van der Waals surface area contributed by atoms with Crippen molar-refractivity contribution >= 4 is 0 Å². The lowest BCUT2D eigenvalue weighted by atomic mass is 9.41. The molecule has 0 radical (unpaired) electrons. The maximum Gasteiger partial charge on any atom is 0.170 e. The summed E-state index contributed by atoms with van der Waals surface area (Å²) in [5.74, 6) is 1.87. The van der Waals surface area contributed by atoms with Crippen molar-refractivity contribution in [1.29, 1.82) is 0 Å². The number of morpholine rings is 1. The third kappa shape index (κ3) is 4.53. The number of rotatable bonds is 7. The lowest BCUT2D eigenvalue weighted by Crippen LogP contribution is -2.62. The van der Waals surface area contributed by atoms with Crippen LogP contribution in [0.1, 0.15) is 107 Å². The Hall–Kier alpha value is -0.320. The SMILES string of the molecule is CCO[C@@H](C1C[C@@H](C)[C@H]2C(O1)[C@H](O)C1(C)C3CC[C@H]4C(C)(C)[C@@H](OC5CN(C6CNC6)CCO5)CC[C@@]45CC35CC[C@]21C)C(C)(C)O. The van der Waals surface area contributed by atoms with Gasteiger partial charge in [0.05, 0.1) is 36.6 Å². The molecule has 47 heavy (non-hydrogen) atoms. The fraction of sp³-hybridized carbons (Fsp3) is 1.00. The molecule has 3 saturated heterocycles. The Balaban J connectivity index is 1.03. The summed E-state index contributed by atoms with van der Waals surface area (Å²) in [5, 5.41) is 27.1. The molecule has 8 rings (SSSR count). The van der Waals surface area contributed by atoms with E-state index >= 15 is 0 Å². The average molecular weight is 659 g/mol. The van der Waals surface area contributed by atoms with Crippen molar-refractivity contribution < 1.29 is 29.2 Å². The quantitative estimate of drug-likeness (QED) is 0.353. The van der Waals surface area contributed by atoms with E-state index in [1.54, 1.807) is 0 Å². The zero-order valence-corrected chi connectivity index (χ0v) is 30.7. The van der Waals surface area contributed by atoms with Gasteiger partial charge < -0.3 is 34.5 Å². The summed E-state index contributed by atoms with van der Waals surface area (Å²) < 4.78 is 26.3. The Bertz CT molecular complexity index is 1200. The van der Waals surface area contributed by atoms with Gasteiger partial charge in [-0.2, -0.15) is 0 Å². The molecule has 3 heterocycles. The fourth-order valence-electron chi connectivity index (χ4n) is 14.5. The molecule has 8 fully saturated rings. The van der Waals surface area contributed by atoms with Crippen LogP contribution >= 0.6 is 0 Å². The van der Waals surface area contributed by atoms with Crippen molar-refractivity contribution in [1.82, 2.24) is 10.2 Å². The lowest BCUT2D eigenvalue weighted by molar-refractivity contribution is -0.251. The number of hydrogen-bond donors (Lipinski definition) is 3. The van der Waals surface area contributed by atoms with Crippen LogP contribution in [0.4, 0.5) is 0 Å². The van der Waals surface area contributed by atoms with Crippen molar-refractivity contribution in [3.05, 3.63) is 0 Å². The van der Waals surface area contributed by atoms with Crippen molar-refractivity contribution in [3.63, 3.8) is 0 Å². The summed E-state index contributed by atoms with van der Waals surface area (Å²) in [6.07, 6.45) is 8.19. The van der Waals surface area contributed by atoms with E-state index in [1.807, 2.05) is 20.8 Å². The summed E-state index contributed by atoms with van der Waals surface area (Å²) >= 11 is 0. The minimum Gasteiger partial charge on any atom is -0.390 e. The van der Waals surface area contributed by atoms with Gasteiger partial charge in [-0.05, 0) is 117 Å². The predicted octanol–water partition coefficient (Wildman–Crippen LogP) is 4.99. The molecule has 0 bridgehead atoms. The molecule has 3 aliphatic heterocycles. The second-order valence-electron chi connectivity index (χ2n) is 19.3. The smallest absolute Gasteiger partial charge is 0.170 e. The van der Waals surface area contributed by atoms with E-state index in [4.69, 9.17) is 18.9 Å². The highest BCUT2D eigenvalue weighted by Crippen LogP contribution is 2.89. The second-order valence-corrected chi connectivity index (χ2v) is 19.3. The zero-order chi connectivity index (χ0) is 33.4. The van der Waals surface area contributed by atoms with E-state index < -0.39 is 17.8 Å². The van der Waals surface area contributed by atoms with Gasteiger partial charge in [-0.1, -0.05) is 34.6 Å². The van der Waals surface area contributed by atoms with Gasteiger partial charge in [0.2, 0.25) is 0 Å². The second kappa shape index (κ2) is 11.1. The van der Waals surface area contributed by atoms with Crippen molar-refractivity contribution in [2.45, 2.75) is 155 Å². The van der Waals surface area contributed by atoms with E-state index in [-0.39, 0.29) is 40.8 Å². The van der Waals surface area contributed by atoms with E-state index in [0.29, 0.717) is 47.2 Å². The maximum atomic E-state index is 12.6. The number of nitrogens with one attached hydrogen (secondary N) is 1. The van der Waals surface area contributed by atoms with E-state index in [0.717, 1.165) is 45.6 Å². The average Bonchev–Trinajstić information content (AvgIpc) is 3.61. The van der Waals surface area contributed by atoms with Gasteiger partial charge in [-0.3, -0.25) is 4.90 Å². The number of aliphatic hydroxyl groups is 2. The Morgan fingerprint density at radius 3 is 2.43 bits per heavy atom. The number of fused-ring (bicyclic) bond motifs is 4. The molecule has 8 heteroatoms. The van der Waals surface area contributed by atoms with E-state index in [9.17, 15) is 10.2 Å². The molecule has 0 aromatic carbocycles. The molecule has 268 valence electrons. The Kier molecular flexibility index (Phi) is 7.98. The summed E-state index contributed by atoms with van der Waals surface area (Å²) in [6, 6.07) is 0.634. The van der Waals surface area contributed by atoms with Gasteiger partial charge in [-0.15, -0.1) is 0 Å². The Morgan fingerprint density at radius 1 is 1.02 bits per heavy atom. The summed E-state index contributed by atoms with van der Waals surface area (Å²) in [4.78, 5) is 2.57. The molecule has 2 spiro atoms. The van der Waals surface area contributed by atoms with Gasteiger partial charge in [0.25, 0.3) is 0 Å². The van der Waals surface area contributed by atoms with Gasteiger partial charge in [0.15, 0.2) is 6.29 Å². The summed E-state index contributed by atoms with van der Waals surface area (Å²) in [7, 11) is 0. The van der Waals surface area contributed by atoms with Crippen LogP contribution in [0.25, 0.3) is 0 Å². The molecular weight excluding hydrogens is 592 g/mol. The van der Waals surface area contributed by atoms with Gasteiger partial charge in [0, 0.05) is 44.2 Å². The first-order chi connectivity index (χ1) is 22.1. The van der Waals surface area contributed by atoms with Crippen LogP contribution in [0.5, 0.6) is 0 Å². The van der Waals surface area contributed by atoms with Crippen LogP contribution in [-0.4, -0.2) is 103 Å². The molecule has 5 aliphatic carbocycles. The molecule has 0 aromatic heterocycles. The molecule has 0 aromatic rings. The van der Waals surface area contributed by atoms with Crippen LogP contribution in [0, 0.1) is 50.7 Å². The molecule has 6 unspecified atom stereocenters. The maximum absolute atomic E-state index is 12.6. The lowest BCUT2D eigenvalue weighted by Gasteiger charge is -2.64. The van der Waals surface area contributed by atoms with Crippen LogP contribution in [-0.2, 0) is 18.9 Å². The molecular formula is C39H66N2O6. The monoisotopic (exact) mass is 658 g/mol. The minimum absolute atomic E-state index is 0.0276. The van der Waals surface area contributed by atoms with Crippen LogP contribution in [0.15, 0.2) is 0 Å². The Labute approximate surface area is 284 Å².